The maximum absolute atomic E-state index is 6.00. The summed E-state index contributed by atoms with van der Waals surface area (Å²) in [6.07, 6.45) is 6.39. The lowest BCUT2D eigenvalue weighted by Crippen LogP contribution is -2.26. The van der Waals surface area contributed by atoms with Crippen molar-refractivity contribution in [3.8, 4) is 39.5 Å². The van der Waals surface area contributed by atoms with Gasteiger partial charge in [0.05, 0.1) is 65.1 Å². The van der Waals surface area contributed by atoms with Gasteiger partial charge in [-0.3, -0.25) is 0 Å². The highest BCUT2D eigenvalue weighted by Gasteiger charge is 2.15. The summed E-state index contributed by atoms with van der Waals surface area (Å²) >= 11 is 0. The molecule has 3 aromatic rings. The molecule has 256 valence electrons. The minimum Gasteiger partial charge on any atom is -0.494 e. The largest absolute Gasteiger partial charge is 0.494 e. The summed E-state index contributed by atoms with van der Waals surface area (Å²) in [5.41, 5.74) is 4.19. The van der Waals surface area contributed by atoms with E-state index in [0.717, 1.165) is 91.2 Å². The van der Waals surface area contributed by atoms with Crippen LogP contribution in [0.2, 0.25) is 0 Å². The molecule has 0 amide bonds. The first kappa shape index (κ1) is 35.1. The van der Waals surface area contributed by atoms with Crippen LogP contribution < -0.4 is 14.2 Å². The van der Waals surface area contributed by atoms with Crippen molar-refractivity contribution in [1.29, 1.82) is 0 Å². The van der Waals surface area contributed by atoms with E-state index < -0.39 is 0 Å². The van der Waals surface area contributed by atoms with Gasteiger partial charge in [-0.15, -0.1) is 0 Å². The van der Waals surface area contributed by atoms with Crippen LogP contribution in [0.15, 0.2) is 66.7 Å². The Kier molecular flexibility index (Phi) is 15.1. The fourth-order valence-electron chi connectivity index (χ4n) is 5.50. The van der Waals surface area contributed by atoms with Crippen LogP contribution in [-0.2, 0) is 28.4 Å². The third-order valence-electron chi connectivity index (χ3n) is 8.08. The summed E-state index contributed by atoms with van der Waals surface area (Å²) in [5, 5.41) is 0. The molecule has 2 aliphatic heterocycles. The molecule has 0 N–H and O–H groups in total. The van der Waals surface area contributed by atoms with Gasteiger partial charge in [0.25, 0.3) is 0 Å². The molecule has 9 nitrogen and oxygen atoms in total. The number of methoxy groups -OCH3 is 1. The van der Waals surface area contributed by atoms with E-state index in [4.69, 9.17) is 42.6 Å². The number of ether oxygens (including phenoxy) is 9. The highest BCUT2D eigenvalue weighted by molar-refractivity contribution is 5.75. The van der Waals surface area contributed by atoms with Crippen LogP contribution in [0.4, 0.5) is 0 Å². The first-order chi connectivity index (χ1) is 23.3. The molecule has 2 saturated heterocycles. The quantitative estimate of drug-likeness (QED) is 0.0953. The third kappa shape index (κ3) is 12.4. The van der Waals surface area contributed by atoms with E-state index in [1.807, 2.05) is 36.4 Å². The van der Waals surface area contributed by atoms with Crippen LogP contribution in [0.1, 0.15) is 38.5 Å². The Morgan fingerprint density at radius 2 is 1.09 bits per heavy atom. The molecule has 0 aromatic heterocycles. The van der Waals surface area contributed by atoms with Gasteiger partial charge in [0.2, 0.25) is 0 Å². The van der Waals surface area contributed by atoms with Gasteiger partial charge in [-0.2, -0.15) is 0 Å². The average molecular weight is 651 g/mol. The Bertz CT molecular complexity index is 1180. The van der Waals surface area contributed by atoms with E-state index in [9.17, 15) is 0 Å². The van der Waals surface area contributed by atoms with E-state index in [0.29, 0.717) is 52.9 Å². The monoisotopic (exact) mass is 650 g/mol. The third-order valence-corrected chi connectivity index (χ3v) is 8.08. The van der Waals surface area contributed by atoms with E-state index >= 15 is 0 Å². The molecule has 0 aliphatic carbocycles. The van der Waals surface area contributed by atoms with Gasteiger partial charge in [-0.25, -0.2) is 0 Å². The zero-order valence-electron chi connectivity index (χ0n) is 27.7. The molecule has 2 heterocycles. The molecule has 2 atom stereocenters. The predicted molar refractivity (Wildman–Crippen MR) is 180 cm³/mol. The number of hydrogen-bond donors (Lipinski definition) is 0. The minimum absolute atomic E-state index is 0.140. The molecule has 3 aromatic carbocycles. The van der Waals surface area contributed by atoms with Crippen molar-refractivity contribution in [2.45, 2.75) is 50.7 Å². The molecular weight excluding hydrogens is 600 g/mol. The first-order valence-corrected chi connectivity index (χ1v) is 17.0. The second kappa shape index (κ2) is 20.2. The van der Waals surface area contributed by atoms with Gasteiger partial charge in [0.1, 0.15) is 17.2 Å². The fourth-order valence-corrected chi connectivity index (χ4v) is 5.50. The van der Waals surface area contributed by atoms with Gasteiger partial charge in [0.15, 0.2) is 6.79 Å². The molecule has 47 heavy (non-hydrogen) atoms. The lowest BCUT2D eigenvalue weighted by Gasteiger charge is -2.22. The summed E-state index contributed by atoms with van der Waals surface area (Å²) in [6, 6.07) is 22.6. The first-order valence-electron chi connectivity index (χ1n) is 17.0. The van der Waals surface area contributed by atoms with Gasteiger partial charge >= 0.3 is 0 Å². The summed E-state index contributed by atoms with van der Waals surface area (Å²) in [7, 11) is 1.65. The molecule has 0 bridgehead atoms. The van der Waals surface area contributed by atoms with E-state index in [1.54, 1.807) is 7.11 Å². The Hall–Kier alpha value is -3.18. The predicted octanol–water partition coefficient (Wildman–Crippen LogP) is 6.95. The summed E-state index contributed by atoms with van der Waals surface area (Å²) in [4.78, 5) is 0. The molecule has 0 spiro atoms. The fraction of sp³-hybridized carbons (Fsp3) is 0.526. The van der Waals surface area contributed by atoms with Gasteiger partial charge < -0.3 is 42.6 Å². The summed E-state index contributed by atoms with van der Waals surface area (Å²) < 4.78 is 51.4. The molecule has 2 fully saturated rings. The van der Waals surface area contributed by atoms with Crippen molar-refractivity contribution in [2.75, 3.05) is 80.0 Å². The molecule has 0 radical (unpaired) electrons. The van der Waals surface area contributed by atoms with E-state index in [-0.39, 0.29) is 19.0 Å². The highest BCUT2D eigenvalue weighted by Crippen LogP contribution is 2.33. The smallest absolute Gasteiger partial charge is 0.189 e. The molecule has 9 heteroatoms. The van der Waals surface area contributed by atoms with Crippen molar-refractivity contribution in [3.63, 3.8) is 0 Å². The van der Waals surface area contributed by atoms with E-state index in [1.165, 1.54) is 0 Å². The standard InChI is InChI=1S/C38H50O9/c1-39-22-23-42-29-47-38-25-32(30-8-12-34(13-9-30)43-18-4-20-45-36-6-2-16-40-27-36)24-33(26-38)31-10-14-35(15-11-31)44-19-5-21-46-37-7-3-17-41-28-37/h8-15,24-26,36-37H,2-7,16-23,27-29H2,1H3. The lowest BCUT2D eigenvalue weighted by atomic mass is 9.98. The van der Waals surface area contributed by atoms with Crippen LogP contribution in [0, 0.1) is 0 Å². The van der Waals surface area contributed by atoms with Crippen LogP contribution in [0.5, 0.6) is 17.2 Å². The summed E-state index contributed by atoms with van der Waals surface area (Å²) in [5.74, 6) is 2.39. The molecule has 2 unspecified atom stereocenters. The normalized spacial score (nSPS) is 18.1. The summed E-state index contributed by atoms with van der Waals surface area (Å²) in [6.45, 7) is 6.77. The van der Waals surface area contributed by atoms with Crippen molar-refractivity contribution < 1.29 is 42.6 Å². The molecule has 5 rings (SSSR count). The minimum atomic E-state index is 0.140. The highest BCUT2D eigenvalue weighted by atomic mass is 16.7. The van der Waals surface area contributed by atoms with Crippen LogP contribution >= 0.6 is 0 Å². The van der Waals surface area contributed by atoms with Crippen molar-refractivity contribution >= 4 is 0 Å². The second-order valence-corrected chi connectivity index (χ2v) is 11.8. The topological polar surface area (TPSA) is 83.1 Å². The van der Waals surface area contributed by atoms with E-state index in [2.05, 4.69) is 30.3 Å². The number of rotatable bonds is 20. The van der Waals surface area contributed by atoms with Crippen LogP contribution in [0.25, 0.3) is 22.3 Å². The number of hydrogen-bond acceptors (Lipinski definition) is 9. The second-order valence-electron chi connectivity index (χ2n) is 11.8. The SMILES string of the molecule is COCCOCOc1cc(-c2ccc(OCCCOC3CCCOC3)cc2)cc(-c2ccc(OCCCOC3CCCOC3)cc2)c1. The molecule has 0 saturated carbocycles. The Balaban J connectivity index is 1.15. The van der Waals surface area contributed by atoms with Crippen molar-refractivity contribution in [2.24, 2.45) is 0 Å². The van der Waals surface area contributed by atoms with Crippen LogP contribution in [0.3, 0.4) is 0 Å². The van der Waals surface area contributed by atoms with Crippen molar-refractivity contribution in [3.05, 3.63) is 66.7 Å². The average Bonchev–Trinajstić information content (AvgIpc) is 3.12. The van der Waals surface area contributed by atoms with Gasteiger partial charge in [-0.05, 0) is 90.4 Å². The maximum atomic E-state index is 6.00. The zero-order chi connectivity index (χ0) is 32.4. The zero-order valence-corrected chi connectivity index (χ0v) is 27.7. The molecular formula is C38H50O9. The van der Waals surface area contributed by atoms with Crippen molar-refractivity contribution in [1.82, 2.24) is 0 Å². The lowest BCUT2D eigenvalue weighted by molar-refractivity contribution is -0.0519. The number of benzene rings is 3. The maximum Gasteiger partial charge on any atom is 0.189 e. The molecule has 2 aliphatic rings. The van der Waals surface area contributed by atoms with Gasteiger partial charge in [-0.1, -0.05) is 24.3 Å². The Morgan fingerprint density at radius 3 is 1.55 bits per heavy atom. The van der Waals surface area contributed by atoms with Gasteiger partial charge in [0, 0.05) is 33.2 Å². The Morgan fingerprint density at radius 1 is 0.553 bits per heavy atom. The Labute approximate surface area is 279 Å². The van der Waals surface area contributed by atoms with Crippen LogP contribution in [-0.4, -0.2) is 92.2 Å².